The van der Waals surface area contributed by atoms with Crippen LogP contribution in [-0.4, -0.2) is 78.2 Å². The maximum absolute atomic E-state index is 13.4. The molecule has 0 amide bonds. The first-order chi connectivity index (χ1) is 13.5. The third-order valence-electron chi connectivity index (χ3n) is 5.10. The Labute approximate surface area is 165 Å². The van der Waals surface area contributed by atoms with Crippen molar-refractivity contribution in [2.45, 2.75) is 6.54 Å². The molecule has 2 heterocycles. The standard InChI is InChI=1S/C21H26N6O/c1-25(2)10-9-23-16-5-6-17-19-18(16)21(28)15-13-22-8-7-14(15)20(19)24-27(17)12-11-26(3)4/h5-8,13,23H,9-12H2,1-4H3. The first-order valence-electron chi connectivity index (χ1n) is 9.53. The van der Waals surface area contributed by atoms with Crippen LogP contribution in [0.3, 0.4) is 0 Å². The lowest BCUT2D eigenvalue weighted by Crippen LogP contribution is -2.22. The van der Waals surface area contributed by atoms with E-state index in [-0.39, 0.29) is 5.78 Å². The van der Waals surface area contributed by atoms with Crippen LogP contribution < -0.4 is 5.32 Å². The number of carbonyl (C=O) groups excluding carboxylic acids is 1. The average Bonchev–Trinajstić information content (AvgIpc) is 3.04. The van der Waals surface area contributed by atoms with E-state index in [1.807, 2.05) is 45.0 Å². The molecule has 7 heteroatoms. The number of benzene rings is 1. The van der Waals surface area contributed by atoms with E-state index < -0.39 is 0 Å². The molecule has 7 nitrogen and oxygen atoms in total. The molecular weight excluding hydrogens is 352 g/mol. The second kappa shape index (κ2) is 7.33. The summed E-state index contributed by atoms with van der Waals surface area (Å²) >= 11 is 0. The Morgan fingerprint density at radius 3 is 2.57 bits per heavy atom. The Morgan fingerprint density at radius 2 is 1.82 bits per heavy atom. The van der Waals surface area contributed by atoms with Gasteiger partial charge in [-0.3, -0.25) is 14.5 Å². The second-order valence-electron chi connectivity index (χ2n) is 7.74. The molecule has 0 fully saturated rings. The minimum absolute atomic E-state index is 0.0145. The first kappa shape index (κ1) is 18.6. The van der Waals surface area contributed by atoms with Gasteiger partial charge in [0.2, 0.25) is 0 Å². The normalized spacial score (nSPS) is 12.9. The summed E-state index contributed by atoms with van der Waals surface area (Å²) in [6.45, 7) is 3.30. The van der Waals surface area contributed by atoms with Crippen molar-refractivity contribution < 1.29 is 4.79 Å². The van der Waals surface area contributed by atoms with Gasteiger partial charge in [0.15, 0.2) is 5.78 Å². The molecule has 0 bridgehead atoms. The van der Waals surface area contributed by atoms with Crippen molar-refractivity contribution in [2.24, 2.45) is 0 Å². The number of pyridine rings is 1. The number of nitrogens with zero attached hydrogens (tertiary/aromatic N) is 5. The lowest BCUT2D eigenvalue weighted by Gasteiger charge is -2.19. The van der Waals surface area contributed by atoms with Gasteiger partial charge in [-0.2, -0.15) is 5.10 Å². The van der Waals surface area contributed by atoms with Gasteiger partial charge in [0, 0.05) is 48.7 Å². The zero-order valence-electron chi connectivity index (χ0n) is 16.9. The summed E-state index contributed by atoms with van der Waals surface area (Å²) in [5, 5.41) is 9.27. The van der Waals surface area contributed by atoms with Crippen LogP contribution in [0.4, 0.5) is 5.69 Å². The van der Waals surface area contributed by atoms with Crippen LogP contribution in [0.2, 0.25) is 0 Å². The van der Waals surface area contributed by atoms with Crippen LogP contribution in [0.5, 0.6) is 0 Å². The molecule has 1 aliphatic rings. The van der Waals surface area contributed by atoms with Crippen LogP contribution in [0, 0.1) is 0 Å². The Balaban J connectivity index is 1.87. The zero-order chi connectivity index (χ0) is 19.8. The van der Waals surface area contributed by atoms with E-state index in [9.17, 15) is 4.79 Å². The number of carbonyl (C=O) groups is 1. The smallest absolute Gasteiger partial charge is 0.198 e. The van der Waals surface area contributed by atoms with Gasteiger partial charge in [0.25, 0.3) is 0 Å². The van der Waals surface area contributed by atoms with E-state index in [0.29, 0.717) is 11.1 Å². The second-order valence-corrected chi connectivity index (χ2v) is 7.74. The highest BCUT2D eigenvalue weighted by atomic mass is 16.1. The minimum atomic E-state index is 0.0145. The van der Waals surface area contributed by atoms with E-state index in [0.717, 1.165) is 54.0 Å². The van der Waals surface area contributed by atoms with Crippen LogP contribution in [0.1, 0.15) is 15.9 Å². The first-order valence-corrected chi connectivity index (χ1v) is 9.53. The van der Waals surface area contributed by atoms with Gasteiger partial charge < -0.3 is 15.1 Å². The summed E-state index contributed by atoms with van der Waals surface area (Å²) in [4.78, 5) is 21.8. The van der Waals surface area contributed by atoms with E-state index in [4.69, 9.17) is 5.10 Å². The topological polar surface area (TPSA) is 66.3 Å². The summed E-state index contributed by atoms with van der Waals surface area (Å²) in [7, 11) is 8.17. The van der Waals surface area contributed by atoms with Gasteiger partial charge in [-0.25, -0.2) is 0 Å². The van der Waals surface area contributed by atoms with E-state index in [2.05, 4.69) is 26.2 Å². The third kappa shape index (κ3) is 3.16. The Hall–Kier alpha value is -2.77. The molecule has 0 saturated heterocycles. The molecule has 3 aromatic rings. The SMILES string of the molecule is CN(C)CCNc1ccc2c3c(nn2CCN(C)C)-c2ccncc2C(=O)c13. The summed E-state index contributed by atoms with van der Waals surface area (Å²) in [6, 6.07) is 5.97. The van der Waals surface area contributed by atoms with Crippen molar-refractivity contribution >= 4 is 22.4 Å². The zero-order valence-corrected chi connectivity index (χ0v) is 16.9. The lowest BCUT2D eigenvalue weighted by molar-refractivity contribution is 0.104. The van der Waals surface area contributed by atoms with E-state index in [1.165, 1.54) is 0 Å². The maximum atomic E-state index is 13.4. The number of likely N-dealkylation sites (N-methyl/N-ethyl adjacent to an activating group) is 2. The molecule has 1 aromatic carbocycles. The van der Waals surface area contributed by atoms with Crippen LogP contribution >= 0.6 is 0 Å². The molecule has 0 aliphatic heterocycles. The van der Waals surface area contributed by atoms with Crippen molar-refractivity contribution in [3.05, 3.63) is 41.7 Å². The Bertz CT molecular complexity index is 1040. The largest absolute Gasteiger partial charge is 0.383 e. The fourth-order valence-electron chi connectivity index (χ4n) is 3.64. The quantitative estimate of drug-likeness (QED) is 0.532. The molecule has 0 radical (unpaired) electrons. The average molecular weight is 378 g/mol. The van der Waals surface area contributed by atoms with Gasteiger partial charge in [0.1, 0.15) is 5.69 Å². The molecular formula is C21H26N6O. The summed E-state index contributed by atoms with van der Waals surface area (Å²) in [5.41, 5.74) is 4.94. The highest BCUT2D eigenvalue weighted by molar-refractivity contribution is 6.27. The fraction of sp³-hybridized carbons (Fsp3) is 0.381. The van der Waals surface area contributed by atoms with Crippen LogP contribution in [-0.2, 0) is 6.54 Å². The molecule has 146 valence electrons. The Kier molecular flexibility index (Phi) is 4.87. The summed E-state index contributed by atoms with van der Waals surface area (Å²) < 4.78 is 2.01. The molecule has 1 aliphatic carbocycles. The number of hydrogen-bond donors (Lipinski definition) is 1. The molecule has 2 aromatic heterocycles. The third-order valence-corrected chi connectivity index (χ3v) is 5.10. The number of ketones is 1. The molecule has 1 N–H and O–H groups in total. The van der Waals surface area contributed by atoms with Crippen molar-refractivity contribution in [3.8, 4) is 11.3 Å². The van der Waals surface area contributed by atoms with Gasteiger partial charge in [-0.05, 0) is 46.4 Å². The van der Waals surface area contributed by atoms with E-state index >= 15 is 0 Å². The van der Waals surface area contributed by atoms with Gasteiger partial charge in [-0.1, -0.05) is 0 Å². The van der Waals surface area contributed by atoms with Crippen LogP contribution in [0.15, 0.2) is 30.6 Å². The highest BCUT2D eigenvalue weighted by Gasteiger charge is 2.31. The number of fused-ring (bicyclic) bond motifs is 2. The molecule has 0 saturated carbocycles. The van der Waals surface area contributed by atoms with Crippen LogP contribution in [0.25, 0.3) is 22.2 Å². The molecule has 0 spiro atoms. The number of hydrogen-bond acceptors (Lipinski definition) is 6. The van der Waals surface area contributed by atoms with Gasteiger partial charge in [0.05, 0.1) is 23.2 Å². The number of rotatable bonds is 7. The minimum Gasteiger partial charge on any atom is -0.383 e. The van der Waals surface area contributed by atoms with Gasteiger partial charge >= 0.3 is 0 Å². The summed E-state index contributed by atoms with van der Waals surface area (Å²) in [6.07, 6.45) is 3.38. The fourth-order valence-corrected chi connectivity index (χ4v) is 3.64. The molecule has 0 atom stereocenters. The Morgan fingerprint density at radius 1 is 1.04 bits per heavy atom. The monoisotopic (exact) mass is 378 g/mol. The molecule has 28 heavy (non-hydrogen) atoms. The predicted octanol–water partition coefficient (Wildman–Crippen LogP) is 2.18. The van der Waals surface area contributed by atoms with Crippen molar-refractivity contribution in [2.75, 3.05) is 53.1 Å². The van der Waals surface area contributed by atoms with Crippen molar-refractivity contribution in [1.82, 2.24) is 24.6 Å². The maximum Gasteiger partial charge on any atom is 0.198 e. The van der Waals surface area contributed by atoms with Crippen molar-refractivity contribution in [3.63, 3.8) is 0 Å². The number of nitrogens with one attached hydrogen (secondary N) is 1. The van der Waals surface area contributed by atoms with E-state index in [1.54, 1.807) is 12.4 Å². The number of anilines is 1. The van der Waals surface area contributed by atoms with Gasteiger partial charge in [-0.15, -0.1) is 0 Å². The highest BCUT2D eigenvalue weighted by Crippen LogP contribution is 2.41. The summed E-state index contributed by atoms with van der Waals surface area (Å²) in [5.74, 6) is 0.0145. The lowest BCUT2D eigenvalue weighted by atomic mass is 9.87. The van der Waals surface area contributed by atoms with Crippen molar-refractivity contribution in [1.29, 1.82) is 0 Å². The number of aromatic nitrogens is 3. The molecule has 0 unspecified atom stereocenters. The predicted molar refractivity (Wildman–Crippen MR) is 112 cm³/mol. The molecule has 4 rings (SSSR count).